The first kappa shape index (κ1) is 21.3. The number of aryl methyl sites for hydroxylation is 1. The van der Waals surface area contributed by atoms with Crippen molar-refractivity contribution in [3.05, 3.63) is 29.3 Å². The van der Waals surface area contributed by atoms with Gasteiger partial charge in [-0.25, -0.2) is 4.39 Å². The summed E-state index contributed by atoms with van der Waals surface area (Å²) in [7, 11) is 0. The van der Waals surface area contributed by atoms with Crippen LogP contribution in [0.15, 0.2) is 12.1 Å². The third-order valence-corrected chi connectivity index (χ3v) is 7.08. The van der Waals surface area contributed by atoms with Crippen molar-refractivity contribution in [3.8, 4) is 5.75 Å². The Hall–Kier alpha value is -1.45. The Morgan fingerprint density at radius 1 is 0.929 bits per heavy atom. The second-order valence-electron chi connectivity index (χ2n) is 8.81. The van der Waals surface area contributed by atoms with Crippen molar-refractivity contribution in [2.75, 3.05) is 0 Å². The lowest BCUT2D eigenvalue weighted by Crippen LogP contribution is -2.30. The molecule has 0 aromatic heterocycles. The van der Waals surface area contributed by atoms with Crippen LogP contribution in [0.4, 0.5) is 8.78 Å². The van der Waals surface area contributed by atoms with E-state index in [0.29, 0.717) is 17.9 Å². The highest BCUT2D eigenvalue weighted by molar-refractivity contribution is 5.75. The van der Waals surface area contributed by atoms with Gasteiger partial charge in [0.1, 0.15) is 0 Å². The van der Waals surface area contributed by atoms with Crippen LogP contribution in [0.5, 0.6) is 5.75 Å². The lowest BCUT2D eigenvalue weighted by Gasteiger charge is -2.37. The fraction of sp³-hybridized carbons (Fsp3) is 0.708. The van der Waals surface area contributed by atoms with Crippen LogP contribution in [-0.2, 0) is 11.2 Å². The minimum Gasteiger partial charge on any atom is -0.423 e. The fourth-order valence-electron chi connectivity index (χ4n) is 5.30. The summed E-state index contributed by atoms with van der Waals surface area (Å²) in [5.74, 6) is -0.407. The molecule has 0 radical (unpaired) electrons. The van der Waals surface area contributed by atoms with E-state index in [1.165, 1.54) is 50.7 Å². The summed E-state index contributed by atoms with van der Waals surface area (Å²) >= 11 is 0. The molecule has 1 aromatic rings. The maximum absolute atomic E-state index is 14.1. The summed E-state index contributed by atoms with van der Waals surface area (Å²) < 4.78 is 33.3. The van der Waals surface area contributed by atoms with Crippen molar-refractivity contribution in [2.45, 2.75) is 84.5 Å². The number of rotatable bonds is 6. The second kappa shape index (κ2) is 9.84. The zero-order valence-electron chi connectivity index (χ0n) is 17.3. The number of esters is 1. The van der Waals surface area contributed by atoms with E-state index in [4.69, 9.17) is 4.74 Å². The first-order valence-electron chi connectivity index (χ1n) is 11.2. The first-order chi connectivity index (χ1) is 13.5. The minimum atomic E-state index is -1.05. The smallest absolute Gasteiger partial charge is 0.314 e. The van der Waals surface area contributed by atoms with Gasteiger partial charge in [-0.3, -0.25) is 4.79 Å². The first-order valence-corrected chi connectivity index (χ1v) is 11.2. The Balaban J connectivity index is 1.49. The molecule has 156 valence electrons. The Labute approximate surface area is 168 Å². The van der Waals surface area contributed by atoms with Gasteiger partial charge in [-0.05, 0) is 74.3 Å². The van der Waals surface area contributed by atoms with E-state index in [2.05, 4.69) is 6.92 Å². The molecule has 0 aliphatic heterocycles. The molecule has 28 heavy (non-hydrogen) atoms. The van der Waals surface area contributed by atoms with Crippen molar-refractivity contribution < 1.29 is 18.3 Å². The molecule has 0 N–H and O–H groups in total. The number of benzene rings is 1. The van der Waals surface area contributed by atoms with Gasteiger partial charge in [0.15, 0.2) is 11.6 Å². The van der Waals surface area contributed by atoms with Crippen molar-refractivity contribution in [3.63, 3.8) is 0 Å². The van der Waals surface area contributed by atoms with E-state index in [1.807, 2.05) is 0 Å². The molecule has 2 fully saturated rings. The van der Waals surface area contributed by atoms with Crippen LogP contribution in [0.25, 0.3) is 0 Å². The van der Waals surface area contributed by atoms with Crippen molar-refractivity contribution in [1.82, 2.24) is 0 Å². The van der Waals surface area contributed by atoms with Gasteiger partial charge in [-0.15, -0.1) is 0 Å². The van der Waals surface area contributed by atoms with Crippen molar-refractivity contribution >= 4 is 5.97 Å². The van der Waals surface area contributed by atoms with E-state index in [0.717, 1.165) is 37.5 Å². The van der Waals surface area contributed by atoms with Gasteiger partial charge >= 0.3 is 5.97 Å². The van der Waals surface area contributed by atoms with Crippen molar-refractivity contribution in [2.24, 2.45) is 23.7 Å². The third-order valence-electron chi connectivity index (χ3n) is 7.08. The molecule has 0 amide bonds. The molecular weight excluding hydrogens is 358 g/mol. The fourth-order valence-corrected chi connectivity index (χ4v) is 5.30. The zero-order valence-corrected chi connectivity index (χ0v) is 17.3. The highest BCUT2D eigenvalue weighted by Gasteiger charge is 2.33. The van der Waals surface area contributed by atoms with Crippen LogP contribution >= 0.6 is 0 Å². The van der Waals surface area contributed by atoms with Crippen molar-refractivity contribution in [1.29, 1.82) is 0 Å². The molecule has 0 unspecified atom stereocenters. The van der Waals surface area contributed by atoms with Gasteiger partial charge in [0.2, 0.25) is 5.82 Å². The van der Waals surface area contributed by atoms with Crippen LogP contribution in [0.3, 0.4) is 0 Å². The number of ether oxygens (including phenoxy) is 1. The minimum absolute atomic E-state index is 0.194. The maximum Gasteiger partial charge on any atom is 0.314 e. The summed E-state index contributed by atoms with van der Waals surface area (Å²) in [6.45, 7) is 4.03. The SMILES string of the molecule is CCC[C@H]1CC[C@H]([C@H]2CC[C@H](C(=O)Oc3ccc(CC)c(F)c3F)CC2)CC1. The molecule has 2 nitrogen and oxygen atoms in total. The molecule has 0 atom stereocenters. The van der Waals surface area contributed by atoms with Gasteiger partial charge in [0.25, 0.3) is 0 Å². The third kappa shape index (κ3) is 4.93. The number of halogens is 2. The van der Waals surface area contributed by atoms with Gasteiger partial charge in [-0.2, -0.15) is 4.39 Å². The molecule has 2 aliphatic carbocycles. The number of hydrogen-bond donors (Lipinski definition) is 0. The van der Waals surface area contributed by atoms with E-state index in [-0.39, 0.29) is 11.7 Å². The summed E-state index contributed by atoms with van der Waals surface area (Å²) in [6.07, 6.45) is 12.1. The van der Waals surface area contributed by atoms with Crippen LogP contribution in [0.2, 0.25) is 0 Å². The summed E-state index contributed by atoms with van der Waals surface area (Å²) in [5, 5.41) is 0. The highest BCUT2D eigenvalue weighted by Crippen LogP contribution is 2.42. The topological polar surface area (TPSA) is 26.3 Å². The number of carbonyl (C=O) groups is 1. The molecule has 0 saturated heterocycles. The van der Waals surface area contributed by atoms with E-state index in [9.17, 15) is 13.6 Å². The normalized spacial score (nSPS) is 28.1. The monoisotopic (exact) mass is 392 g/mol. The largest absolute Gasteiger partial charge is 0.423 e. The molecule has 3 rings (SSSR count). The Bertz CT molecular complexity index is 657. The molecule has 1 aromatic carbocycles. The average molecular weight is 393 g/mol. The lowest BCUT2D eigenvalue weighted by atomic mass is 9.69. The maximum atomic E-state index is 14.1. The predicted molar refractivity (Wildman–Crippen MR) is 107 cm³/mol. The highest BCUT2D eigenvalue weighted by atomic mass is 19.2. The van der Waals surface area contributed by atoms with Gasteiger partial charge in [0, 0.05) is 0 Å². The van der Waals surface area contributed by atoms with Gasteiger partial charge < -0.3 is 4.74 Å². The standard InChI is InChI=1S/C24H34F2O2/c1-3-5-16-6-8-18(9-7-16)19-10-12-20(13-11-19)24(27)28-21-15-14-17(4-2)22(25)23(21)26/h14-16,18-20H,3-13H2,1-2H3/t16-,18-,19-,20-. The Morgan fingerprint density at radius 3 is 2.11 bits per heavy atom. The number of carbonyl (C=O) groups excluding carboxylic acids is 1. The number of hydrogen-bond acceptors (Lipinski definition) is 2. The zero-order chi connectivity index (χ0) is 20.1. The summed E-state index contributed by atoms with van der Waals surface area (Å²) in [6, 6.07) is 2.86. The molecule has 0 heterocycles. The van der Waals surface area contributed by atoms with Crippen LogP contribution in [-0.4, -0.2) is 5.97 Å². The molecule has 0 bridgehead atoms. The summed E-state index contributed by atoms with van der Waals surface area (Å²) in [5.41, 5.74) is 0.298. The molecule has 0 spiro atoms. The van der Waals surface area contributed by atoms with Crippen LogP contribution in [0, 0.1) is 35.3 Å². The van der Waals surface area contributed by atoms with Gasteiger partial charge in [0.05, 0.1) is 5.92 Å². The van der Waals surface area contributed by atoms with Gasteiger partial charge in [-0.1, -0.05) is 45.6 Å². The second-order valence-corrected chi connectivity index (χ2v) is 8.81. The molecular formula is C24H34F2O2. The molecule has 2 aliphatic rings. The average Bonchev–Trinajstić information content (AvgIpc) is 2.72. The van der Waals surface area contributed by atoms with Crippen LogP contribution < -0.4 is 4.74 Å². The molecule has 2 saturated carbocycles. The lowest BCUT2D eigenvalue weighted by molar-refractivity contribution is -0.140. The Morgan fingerprint density at radius 2 is 1.54 bits per heavy atom. The van der Waals surface area contributed by atoms with E-state index < -0.39 is 17.6 Å². The predicted octanol–water partition coefficient (Wildman–Crippen LogP) is 6.85. The summed E-state index contributed by atoms with van der Waals surface area (Å²) in [4.78, 5) is 12.5. The quantitative estimate of drug-likeness (QED) is 0.391. The Kier molecular flexibility index (Phi) is 7.48. The van der Waals surface area contributed by atoms with E-state index >= 15 is 0 Å². The molecule has 4 heteroatoms. The van der Waals surface area contributed by atoms with E-state index in [1.54, 1.807) is 6.92 Å². The van der Waals surface area contributed by atoms with Crippen LogP contribution in [0.1, 0.15) is 83.6 Å².